The van der Waals surface area contributed by atoms with Crippen molar-refractivity contribution < 1.29 is 19.7 Å². The maximum absolute atomic E-state index is 11.2. The Hall–Kier alpha value is -2.22. The standard InChI is InChI=1S/C10H9NO4/c1-2-15-10(14)6-3-8(12)7(5-11)9(13)4-6/h3-4,12-13H,2H2,1H3. The molecule has 0 heterocycles. The van der Waals surface area contributed by atoms with E-state index in [-0.39, 0.29) is 17.7 Å². The van der Waals surface area contributed by atoms with Crippen molar-refractivity contribution >= 4 is 5.97 Å². The Morgan fingerprint density at radius 3 is 2.40 bits per heavy atom. The minimum Gasteiger partial charge on any atom is -0.506 e. The van der Waals surface area contributed by atoms with Crippen molar-refractivity contribution in [1.82, 2.24) is 0 Å². The van der Waals surface area contributed by atoms with Crippen LogP contribution in [-0.4, -0.2) is 22.8 Å². The Kier molecular flexibility index (Phi) is 3.13. The van der Waals surface area contributed by atoms with Gasteiger partial charge in [-0.25, -0.2) is 4.79 Å². The van der Waals surface area contributed by atoms with Gasteiger partial charge in [-0.05, 0) is 19.1 Å². The second kappa shape index (κ2) is 4.33. The van der Waals surface area contributed by atoms with Gasteiger partial charge >= 0.3 is 5.97 Å². The van der Waals surface area contributed by atoms with Crippen molar-refractivity contribution in [3.8, 4) is 17.6 Å². The molecular formula is C10H9NO4. The zero-order chi connectivity index (χ0) is 11.4. The van der Waals surface area contributed by atoms with Crippen LogP contribution >= 0.6 is 0 Å². The number of nitriles is 1. The number of hydrogen-bond donors (Lipinski definition) is 2. The fraction of sp³-hybridized carbons (Fsp3) is 0.200. The average Bonchev–Trinajstić information content (AvgIpc) is 2.17. The average molecular weight is 207 g/mol. The monoisotopic (exact) mass is 207 g/mol. The van der Waals surface area contributed by atoms with Crippen molar-refractivity contribution in [3.05, 3.63) is 23.3 Å². The number of rotatable bonds is 2. The van der Waals surface area contributed by atoms with E-state index in [1.54, 1.807) is 13.0 Å². The Balaban J connectivity index is 3.15. The molecule has 1 aromatic carbocycles. The zero-order valence-corrected chi connectivity index (χ0v) is 8.02. The Morgan fingerprint density at radius 2 is 2.00 bits per heavy atom. The maximum atomic E-state index is 11.2. The van der Waals surface area contributed by atoms with E-state index in [9.17, 15) is 15.0 Å². The first kappa shape index (κ1) is 10.9. The topological polar surface area (TPSA) is 90.5 Å². The number of benzene rings is 1. The highest BCUT2D eigenvalue weighted by molar-refractivity contribution is 5.91. The van der Waals surface area contributed by atoms with E-state index in [4.69, 9.17) is 5.26 Å². The quantitative estimate of drug-likeness (QED) is 0.710. The molecule has 1 aromatic rings. The van der Waals surface area contributed by atoms with Crippen LogP contribution in [-0.2, 0) is 4.74 Å². The fourth-order valence-corrected chi connectivity index (χ4v) is 1.06. The number of phenols is 2. The molecule has 0 aliphatic carbocycles. The van der Waals surface area contributed by atoms with Gasteiger partial charge < -0.3 is 14.9 Å². The van der Waals surface area contributed by atoms with Gasteiger partial charge in [-0.15, -0.1) is 0 Å². The first-order chi connectivity index (χ1) is 7.10. The molecule has 0 aliphatic rings. The molecule has 0 amide bonds. The van der Waals surface area contributed by atoms with Crippen LogP contribution in [0.4, 0.5) is 0 Å². The minimum absolute atomic E-state index is 0.00542. The number of carbonyl (C=O) groups is 1. The van der Waals surface area contributed by atoms with Crippen molar-refractivity contribution in [1.29, 1.82) is 5.26 Å². The molecule has 0 bridgehead atoms. The van der Waals surface area contributed by atoms with E-state index in [0.29, 0.717) is 0 Å². The lowest BCUT2D eigenvalue weighted by molar-refractivity contribution is 0.0525. The summed E-state index contributed by atoms with van der Waals surface area (Å²) in [6.07, 6.45) is 0. The van der Waals surface area contributed by atoms with Gasteiger partial charge in [0, 0.05) is 0 Å². The van der Waals surface area contributed by atoms with Gasteiger partial charge in [0.15, 0.2) is 0 Å². The second-order valence-corrected chi connectivity index (χ2v) is 2.72. The maximum Gasteiger partial charge on any atom is 0.338 e. The van der Waals surface area contributed by atoms with E-state index >= 15 is 0 Å². The smallest absolute Gasteiger partial charge is 0.338 e. The summed E-state index contributed by atoms with van der Waals surface area (Å²) in [7, 11) is 0. The molecule has 1 rings (SSSR count). The highest BCUT2D eigenvalue weighted by Gasteiger charge is 2.14. The molecule has 5 nitrogen and oxygen atoms in total. The molecule has 0 atom stereocenters. The van der Waals surface area contributed by atoms with E-state index < -0.39 is 17.5 Å². The van der Waals surface area contributed by atoms with Crippen molar-refractivity contribution in [3.63, 3.8) is 0 Å². The SMILES string of the molecule is CCOC(=O)c1cc(O)c(C#N)c(O)c1. The zero-order valence-electron chi connectivity index (χ0n) is 8.02. The first-order valence-corrected chi connectivity index (χ1v) is 4.23. The molecule has 78 valence electrons. The molecule has 0 aliphatic heterocycles. The summed E-state index contributed by atoms with van der Waals surface area (Å²) in [6, 6.07) is 3.77. The normalized spacial score (nSPS) is 9.33. The molecule has 15 heavy (non-hydrogen) atoms. The Labute approximate surface area is 86.1 Å². The van der Waals surface area contributed by atoms with E-state index in [1.165, 1.54) is 0 Å². The number of aromatic hydroxyl groups is 2. The Bertz CT molecular complexity index is 411. The molecule has 0 aromatic heterocycles. The van der Waals surface area contributed by atoms with Gasteiger partial charge in [0.2, 0.25) is 0 Å². The largest absolute Gasteiger partial charge is 0.506 e. The molecule has 0 saturated heterocycles. The number of esters is 1. The van der Waals surface area contributed by atoms with Gasteiger partial charge in [-0.1, -0.05) is 0 Å². The van der Waals surface area contributed by atoms with Crippen LogP contribution in [0.2, 0.25) is 0 Å². The minimum atomic E-state index is -0.660. The first-order valence-electron chi connectivity index (χ1n) is 4.23. The van der Waals surface area contributed by atoms with E-state index in [1.807, 2.05) is 0 Å². The van der Waals surface area contributed by atoms with Crippen molar-refractivity contribution in [2.24, 2.45) is 0 Å². The fourth-order valence-electron chi connectivity index (χ4n) is 1.06. The second-order valence-electron chi connectivity index (χ2n) is 2.72. The van der Waals surface area contributed by atoms with Gasteiger partial charge in [-0.3, -0.25) is 0 Å². The third-order valence-electron chi connectivity index (χ3n) is 1.72. The van der Waals surface area contributed by atoms with Crippen LogP contribution in [0.15, 0.2) is 12.1 Å². The van der Waals surface area contributed by atoms with Gasteiger partial charge in [0.05, 0.1) is 12.2 Å². The third-order valence-corrected chi connectivity index (χ3v) is 1.72. The molecule has 2 N–H and O–H groups in total. The van der Waals surface area contributed by atoms with Crippen LogP contribution in [0.1, 0.15) is 22.8 Å². The van der Waals surface area contributed by atoms with Crippen LogP contribution in [0, 0.1) is 11.3 Å². The summed E-state index contributed by atoms with van der Waals surface area (Å²) >= 11 is 0. The van der Waals surface area contributed by atoms with Gasteiger partial charge in [0.25, 0.3) is 0 Å². The third kappa shape index (κ3) is 2.17. The lowest BCUT2D eigenvalue weighted by atomic mass is 10.1. The number of phenolic OH excluding ortho intramolecular Hbond substituents is 2. The summed E-state index contributed by atoms with van der Waals surface area (Å²) in [5.41, 5.74) is -0.256. The molecule has 0 fully saturated rings. The van der Waals surface area contributed by atoms with E-state index in [2.05, 4.69) is 4.74 Å². The number of ether oxygens (including phenoxy) is 1. The van der Waals surface area contributed by atoms with Crippen LogP contribution in [0.25, 0.3) is 0 Å². The Morgan fingerprint density at radius 1 is 1.47 bits per heavy atom. The van der Waals surface area contributed by atoms with E-state index in [0.717, 1.165) is 12.1 Å². The summed E-state index contributed by atoms with van der Waals surface area (Å²) < 4.78 is 4.67. The van der Waals surface area contributed by atoms with Crippen LogP contribution in [0.3, 0.4) is 0 Å². The number of hydrogen-bond acceptors (Lipinski definition) is 5. The molecule has 0 unspecified atom stereocenters. The van der Waals surface area contributed by atoms with Gasteiger partial charge in [-0.2, -0.15) is 5.26 Å². The molecule has 5 heteroatoms. The molecule has 0 spiro atoms. The molecule has 0 saturated carbocycles. The molecular weight excluding hydrogens is 198 g/mol. The molecule has 0 radical (unpaired) electrons. The lowest BCUT2D eigenvalue weighted by Crippen LogP contribution is -2.04. The van der Waals surface area contributed by atoms with Crippen LogP contribution < -0.4 is 0 Å². The summed E-state index contributed by atoms with van der Waals surface area (Å²) in [6.45, 7) is 1.83. The highest BCUT2D eigenvalue weighted by Crippen LogP contribution is 2.27. The predicted octanol–water partition coefficient (Wildman–Crippen LogP) is 1.15. The summed E-state index contributed by atoms with van der Waals surface area (Å²) in [5, 5.41) is 27.1. The number of carbonyl (C=O) groups excluding carboxylic acids is 1. The number of nitrogens with zero attached hydrogens (tertiary/aromatic N) is 1. The predicted molar refractivity (Wildman–Crippen MR) is 50.4 cm³/mol. The summed E-state index contributed by atoms with van der Waals surface area (Å²) in [5.74, 6) is -1.55. The lowest BCUT2D eigenvalue weighted by Gasteiger charge is -2.04. The van der Waals surface area contributed by atoms with Crippen molar-refractivity contribution in [2.45, 2.75) is 6.92 Å². The van der Waals surface area contributed by atoms with Crippen molar-refractivity contribution in [2.75, 3.05) is 6.61 Å². The summed E-state index contributed by atoms with van der Waals surface area (Å²) in [4.78, 5) is 11.2. The highest BCUT2D eigenvalue weighted by atomic mass is 16.5. The van der Waals surface area contributed by atoms with Gasteiger partial charge in [0.1, 0.15) is 23.1 Å². The van der Waals surface area contributed by atoms with Crippen LogP contribution in [0.5, 0.6) is 11.5 Å².